The summed E-state index contributed by atoms with van der Waals surface area (Å²) in [5.41, 5.74) is 0.787. The van der Waals surface area contributed by atoms with E-state index in [0.29, 0.717) is 23.7 Å². The van der Waals surface area contributed by atoms with Crippen LogP contribution in [0.25, 0.3) is 0 Å². The van der Waals surface area contributed by atoms with E-state index >= 15 is 0 Å². The summed E-state index contributed by atoms with van der Waals surface area (Å²) in [6.07, 6.45) is 0.731. The van der Waals surface area contributed by atoms with Gasteiger partial charge in [-0.2, -0.15) is 0 Å². The fourth-order valence-corrected chi connectivity index (χ4v) is 3.76. The van der Waals surface area contributed by atoms with Crippen LogP contribution in [0.2, 0.25) is 25.7 Å². The molecule has 0 saturated carbocycles. The Hall–Kier alpha value is -1.66. The Morgan fingerprint density at radius 1 is 1.20 bits per heavy atom. The number of ether oxygens (including phenoxy) is 3. The van der Waals surface area contributed by atoms with Gasteiger partial charge < -0.3 is 19.0 Å². The minimum absolute atomic E-state index is 0.130. The van der Waals surface area contributed by atoms with Crippen LogP contribution < -0.4 is 9.47 Å². The summed E-state index contributed by atoms with van der Waals surface area (Å²) >= 11 is 0. The highest BCUT2D eigenvalue weighted by molar-refractivity contribution is 6.76. The quantitative estimate of drug-likeness (QED) is 0.231. The average Bonchev–Trinajstić information content (AvgIpc) is 2.71. The Kier molecular flexibility index (Phi) is 5.74. The second-order valence-electron chi connectivity index (χ2n) is 8.23. The summed E-state index contributed by atoms with van der Waals surface area (Å²) in [6.45, 7) is 11.5. The predicted molar refractivity (Wildman–Crippen MR) is 99.5 cm³/mol. The monoisotopic (exact) mass is 364 g/mol. The van der Waals surface area contributed by atoms with Crippen LogP contribution in [0.5, 0.6) is 11.5 Å². The molecule has 5 nitrogen and oxygen atoms in total. The number of hydrogen-bond acceptors (Lipinski definition) is 5. The molecule has 1 unspecified atom stereocenters. The van der Waals surface area contributed by atoms with E-state index in [1.807, 2.05) is 13.8 Å². The van der Waals surface area contributed by atoms with E-state index in [4.69, 9.17) is 14.2 Å². The van der Waals surface area contributed by atoms with E-state index in [0.717, 1.165) is 17.9 Å². The van der Waals surface area contributed by atoms with Crippen LogP contribution in [0.4, 0.5) is 0 Å². The lowest BCUT2D eigenvalue weighted by atomic mass is 9.79. The highest BCUT2D eigenvalue weighted by Crippen LogP contribution is 2.46. The average molecular weight is 365 g/mol. The maximum Gasteiger partial charge on any atom is 0.189 e. The van der Waals surface area contributed by atoms with Gasteiger partial charge >= 0.3 is 0 Å². The van der Waals surface area contributed by atoms with Gasteiger partial charge in [0.1, 0.15) is 6.29 Å². The summed E-state index contributed by atoms with van der Waals surface area (Å²) in [5, 5.41) is 0. The van der Waals surface area contributed by atoms with Crippen molar-refractivity contribution in [3.63, 3.8) is 0 Å². The molecule has 0 saturated heterocycles. The fourth-order valence-electron chi connectivity index (χ4n) is 3.01. The molecule has 1 aliphatic carbocycles. The molecule has 1 aliphatic rings. The van der Waals surface area contributed by atoms with Crippen molar-refractivity contribution >= 4 is 20.1 Å². The van der Waals surface area contributed by atoms with Crippen LogP contribution in [0.3, 0.4) is 0 Å². The molecule has 0 aliphatic heterocycles. The van der Waals surface area contributed by atoms with Crippen molar-refractivity contribution in [3.8, 4) is 11.5 Å². The number of ketones is 1. The molecule has 2 rings (SSSR count). The molecule has 0 bridgehead atoms. The summed E-state index contributed by atoms with van der Waals surface area (Å²) < 4.78 is 16.7. The molecular formula is C19H28O5Si. The number of carbonyl (C=O) groups is 2. The van der Waals surface area contributed by atoms with Crippen LogP contribution in [0, 0.1) is 5.92 Å². The highest BCUT2D eigenvalue weighted by atomic mass is 28.3. The second kappa shape index (κ2) is 7.29. The molecule has 1 aromatic rings. The molecule has 0 spiro atoms. The molecule has 0 radical (unpaired) electrons. The van der Waals surface area contributed by atoms with E-state index in [1.165, 1.54) is 7.11 Å². The maximum atomic E-state index is 12.5. The zero-order chi connectivity index (χ0) is 18.8. The standard InChI is InChI=1S/C19H28O5Si/c1-19(2)14-10-17(24-12-23-7-8-25(4,5)6)16(22-3)9-13(14)18(21)15(19)11-20/h9-11,15H,7-8,12H2,1-6H3. The van der Waals surface area contributed by atoms with Crippen molar-refractivity contribution in [3.05, 3.63) is 23.3 Å². The van der Waals surface area contributed by atoms with Crippen LogP contribution >= 0.6 is 0 Å². The van der Waals surface area contributed by atoms with Crippen molar-refractivity contribution in [2.24, 2.45) is 5.92 Å². The third-order valence-corrected chi connectivity index (χ3v) is 6.46. The van der Waals surface area contributed by atoms with E-state index in [2.05, 4.69) is 19.6 Å². The first-order valence-electron chi connectivity index (χ1n) is 8.54. The van der Waals surface area contributed by atoms with Crippen molar-refractivity contribution in [1.29, 1.82) is 0 Å². The number of benzene rings is 1. The predicted octanol–water partition coefficient (Wildman–Crippen LogP) is 3.68. The molecule has 0 amide bonds. The van der Waals surface area contributed by atoms with E-state index in [1.54, 1.807) is 12.1 Å². The molecule has 0 aromatic heterocycles. The summed E-state index contributed by atoms with van der Waals surface area (Å²) in [7, 11) is 0.397. The SMILES string of the molecule is COc1cc2c(cc1OCOCC[Si](C)(C)C)C(C)(C)C(C=O)C2=O. The topological polar surface area (TPSA) is 61.8 Å². The summed E-state index contributed by atoms with van der Waals surface area (Å²) in [6, 6.07) is 4.54. The zero-order valence-electron chi connectivity index (χ0n) is 16.0. The molecule has 1 atom stereocenters. The highest BCUT2D eigenvalue weighted by Gasteiger charge is 2.46. The number of carbonyl (C=O) groups excluding carboxylic acids is 2. The second-order valence-corrected chi connectivity index (χ2v) is 13.9. The first-order chi connectivity index (χ1) is 11.6. The van der Waals surface area contributed by atoms with Crippen LogP contribution in [-0.4, -0.2) is 40.7 Å². The zero-order valence-corrected chi connectivity index (χ0v) is 17.0. The molecular weight excluding hydrogens is 336 g/mol. The Balaban J connectivity index is 2.16. The van der Waals surface area contributed by atoms with Gasteiger partial charge in [-0.15, -0.1) is 0 Å². The van der Waals surface area contributed by atoms with Crippen molar-refractivity contribution < 1.29 is 23.8 Å². The first kappa shape index (κ1) is 19.7. The van der Waals surface area contributed by atoms with Crippen molar-refractivity contribution in [2.75, 3.05) is 20.5 Å². The van der Waals surface area contributed by atoms with Gasteiger partial charge in [0.15, 0.2) is 24.1 Å². The molecule has 6 heteroatoms. The lowest BCUT2D eigenvalue weighted by Crippen LogP contribution is -2.28. The van der Waals surface area contributed by atoms with Gasteiger partial charge in [0.2, 0.25) is 0 Å². The van der Waals surface area contributed by atoms with Gasteiger partial charge in [-0.1, -0.05) is 33.5 Å². The van der Waals surface area contributed by atoms with Gasteiger partial charge in [-0.25, -0.2) is 0 Å². The van der Waals surface area contributed by atoms with Crippen LogP contribution in [0.1, 0.15) is 29.8 Å². The third-order valence-electron chi connectivity index (χ3n) is 4.75. The maximum absolute atomic E-state index is 12.5. The third kappa shape index (κ3) is 4.12. The van der Waals surface area contributed by atoms with E-state index in [-0.39, 0.29) is 12.6 Å². The Morgan fingerprint density at radius 2 is 1.88 bits per heavy atom. The van der Waals surface area contributed by atoms with Gasteiger partial charge in [-0.05, 0) is 23.7 Å². The van der Waals surface area contributed by atoms with Gasteiger partial charge in [0.25, 0.3) is 0 Å². The number of hydrogen-bond donors (Lipinski definition) is 0. The fraction of sp³-hybridized carbons (Fsp3) is 0.579. The molecule has 0 heterocycles. The molecule has 138 valence electrons. The number of aldehydes is 1. The normalized spacial score (nSPS) is 18.8. The molecule has 0 N–H and O–H groups in total. The summed E-state index contributed by atoms with van der Waals surface area (Å²) in [4.78, 5) is 23.8. The minimum Gasteiger partial charge on any atom is -0.493 e. The van der Waals surface area contributed by atoms with Gasteiger partial charge in [0, 0.05) is 25.7 Å². The smallest absolute Gasteiger partial charge is 0.189 e. The number of rotatable bonds is 8. The van der Waals surface area contributed by atoms with Gasteiger partial charge in [0.05, 0.1) is 13.0 Å². The van der Waals surface area contributed by atoms with Crippen LogP contribution in [0.15, 0.2) is 12.1 Å². The Morgan fingerprint density at radius 3 is 2.44 bits per heavy atom. The first-order valence-corrected chi connectivity index (χ1v) is 12.2. The van der Waals surface area contributed by atoms with Crippen molar-refractivity contribution in [2.45, 2.75) is 44.9 Å². The Labute approximate surface area is 150 Å². The summed E-state index contributed by atoms with van der Waals surface area (Å²) in [5.74, 6) is 0.173. The van der Waals surface area contributed by atoms with Gasteiger partial charge in [-0.3, -0.25) is 4.79 Å². The van der Waals surface area contributed by atoms with Crippen LogP contribution in [-0.2, 0) is 14.9 Å². The number of fused-ring (bicyclic) bond motifs is 1. The lowest BCUT2D eigenvalue weighted by molar-refractivity contribution is -0.111. The van der Waals surface area contributed by atoms with Crippen molar-refractivity contribution in [1.82, 2.24) is 0 Å². The molecule has 1 aromatic carbocycles. The molecule has 25 heavy (non-hydrogen) atoms. The van der Waals surface area contributed by atoms with E-state index in [9.17, 15) is 9.59 Å². The largest absolute Gasteiger partial charge is 0.493 e. The molecule has 0 fully saturated rings. The lowest BCUT2D eigenvalue weighted by Gasteiger charge is -2.23. The number of methoxy groups -OCH3 is 1. The minimum atomic E-state index is -1.13. The Bertz CT molecular complexity index is 661. The van der Waals surface area contributed by atoms with E-state index < -0.39 is 19.4 Å². The number of Topliss-reactive ketones (excluding diaryl/α,β-unsaturated/α-hetero) is 1.